The Morgan fingerprint density at radius 1 is 1.21 bits per heavy atom. The van der Waals surface area contributed by atoms with E-state index in [2.05, 4.69) is 54.9 Å². The molecule has 2 N–H and O–H groups in total. The van der Waals surface area contributed by atoms with Gasteiger partial charge < -0.3 is 15.5 Å². The van der Waals surface area contributed by atoms with Crippen molar-refractivity contribution < 1.29 is 0 Å². The van der Waals surface area contributed by atoms with Gasteiger partial charge in [-0.2, -0.15) is 0 Å². The Labute approximate surface area is 120 Å². The lowest BCUT2D eigenvalue weighted by atomic mass is 10.2. The predicted molar refractivity (Wildman–Crippen MR) is 81.4 cm³/mol. The Kier molecular flexibility index (Phi) is 3.28. The summed E-state index contributed by atoms with van der Waals surface area (Å²) in [5.74, 6) is 0.306. The second-order valence-electron chi connectivity index (χ2n) is 4.88. The van der Waals surface area contributed by atoms with Gasteiger partial charge in [-0.15, -0.1) is 0 Å². The molecule has 0 aliphatic carbocycles. The first-order chi connectivity index (χ1) is 9.13. The fraction of sp³-hybridized carbons (Fsp3) is 0.385. The van der Waals surface area contributed by atoms with E-state index in [0.29, 0.717) is 5.95 Å². The van der Waals surface area contributed by atoms with E-state index < -0.39 is 0 Å². The first-order valence-corrected chi connectivity index (χ1v) is 7.08. The van der Waals surface area contributed by atoms with Gasteiger partial charge in [0, 0.05) is 47.9 Å². The van der Waals surface area contributed by atoms with Crippen molar-refractivity contribution in [2.75, 3.05) is 43.9 Å². The van der Waals surface area contributed by atoms with Crippen LogP contribution in [0.2, 0.25) is 0 Å². The summed E-state index contributed by atoms with van der Waals surface area (Å²) < 4.78 is 0.966. The highest BCUT2D eigenvalue weighted by atomic mass is 79.9. The van der Waals surface area contributed by atoms with Crippen molar-refractivity contribution in [1.82, 2.24) is 14.9 Å². The number of piperazine rings is 1. The van der Waals surface area contributed by atoms with Crippen LogP contribution in [0, 0.1) is 0 Å². The molecule has 1 aliphatic heterocycles. The molecule has 2 heterocycles. The Morgan fingerprint density at radius 3 is 2.68 bits per heavy atom. The summed E-state index contributed by atoms with van der Waals surface area (Å²) in [7, 11) is 2.16. The molecule has 2 aromatic rings. The van der Waals surface area contributed by atoms with Gasteiger partial charge in [0.15, 0.2) is 0 Å². The predicted octanol–water partition coefficient (Wildman–Crippen LogP) is 1.73. The highest BCUT2D eigenvalue weighted by Gasteiger charge is 2.16. The number of hydrogen-bond acceptors (Lipinski definition) is 5. The third kappa shape index (κ3) is 2.50. The molecule has 0 amide bonds. The second kappa shape index (κ2) is 4.94. The maximum atomic E-state index is 5.63. The van der Waals surface area contributed by atoms with E-state index in [4.69, 9.17) is 5.73 Å². The molecule has 1 aromatic carbocycles. The zero-order valence-electron chi connectivity index (χ0n) is 10.8. The van der Waals surface area contributed by atoms with Gasteiger partial charge in [0.05, 0.1) is 5.52 Å². The van der Waals surface area contributed by atoms with Gasteiger partial charge in [-0.1, -0.05) is 0 Å². The van der Waals surface area contributed by atoms with Gasteiger partial charge in [0.2, 0.25) is 5.95 Å². The zero-order valence-corrected chi connectivity index (χ0v) is 12.4. The monoisotopic (exact) mass is 321 g/mol. The van der Waals surface area contributed by atoms with Gasteiger partial charge >= 0.3 is 0 Å². The van der Waals surface area contributed by atoms with Gasteiger partial charge in [-0.05, 0) is 35.1 Å². The van der Waals surface area contributed by atoms with E-state index in [1.807, 2.05) is 0 Å². The van der Waals surface area contributed by atoms with E-state index in [0.717, 1.165) is 41.6 Å². The highest BCUT2D eigenvalue weighted by Crippen LogP contribution is 2.29. The lowest BCUT2D eigenvalue weighted by molar-refractivity contribution is 0.313. The van der Waals surface area contributed by atoms with Crippen molar-refractivity contribution in [3.63, 3.8) is 0 Å². The Balaban J connectivity index is 1.99. The van der Waals surface area contributed by atoms with Crippen LogP contribution in [-0.4, -0.2) is 48.1 Å². The quantitative estimate of drug-likeness (QED) is 0.866. The van der Waals surface area contributed by atoms with E-state index >= 15 is 0 Å². The summed E-state index contributed by atoms with van der Waals surface area (Å²) in [6.07, 6.45) is 1.78. The van der Waals surface area contributed by atoms with Crippen LogP contribution in [0.3, 0.4) is 0 Å². The van der Waals surface area contributed by atoms with Crippen molar-refractivity contribution in [3.8, 4) is 0 Å². The number of likely N-dealkylation sites (N-methyl/N-ethyl adjacent to an activating group) is 1. The third-order valence-corrected chi connectivity index (χ3v) is 4.11. The summed E-state index contributed by atoms with van der Waals surface area (Å²) in [5.41, 5.74) is 7.71. The number of nitrogens with zero attached hydrogens (tertiary/aromatic N) is 4. The minimum absolute atomic E-state index is 0.306. The molecule has 3 rings (SSSR count). The number of benzene rings is 1. The molecule has 0 bridgehead atoms. The number of halogens is 1. The summed E-state index contributed by atoms with van der Waals surface area (Å²) in [6, 6.07) is 4.24. The average molecular weight is 322 g/mol. The molecular formula is C13H16BrN5. The van der Waals surface area contributed by atoms with Gasteiger partial charge in [0.25, 0.3) is 0 Å². The average Bonchev–Trinajstić information content (AvgIpc) is 2.40. The SMILES string of the molecule is CN1CCN(c2cc(Br)c3nc(N)ncc3c2)CC1. The molecule has 1 aromatic heterocycles. The van der Waals surface area contributed by atoms with Crippen molar-refractivity contribution in [3.05, 3.63) is 22.8 Å². The van der Waals surface area contributed by atoms with Crippen LogP contribution in [-0.2, 0) is 0 Å². The molecule has 1 saturated heterocycles. The number of nitrogens with two attached hydrogens (primary N) is 1. The third-order valence-electron chi connectivity index (χ3n) is 3.51. The van der Waals surface area contributed by atoms with Crippen LogP contribution in [0.25, 0.3) is 10.9 Å². The summed E-state index contributed by atoms with van der Waals surface area (Å²) in [6.45, 7) is 4.27. The molecule has 1 aliphatic rings. The molecule has 0 unspecified atom stereocenters. The zero-order chi connectivity index (χ0) is 13.4. The Morgan fingerprint density at radius 2 is 1.95 bits per heavy atom. The molecule has 0 saturated carbocycles. The number of aromatic nitrogens is 2. The molecule has 100 valence electrons. The standard InChI is InChI=1S/C13H16BrN5/c1-18-2-4-19(5-3-18)10-6-9-8-16-13(15)17-12(9)11(14)7-10/h6-8H,2-5H2,1H3,(H2,15,16,17). The van der Waals surface area contributed by atoms with Crippen molar-refractivity contribution >= 4 is 38.5 Å². The smallest absolute Gasteiger partial charge is 0.220 e. The maximum Gasteiger partial charge on any atom is 0.220 e. The molecule has 0 spiro atoms. The Bertz CT molecular complexity index is 607. The Hall–Kier alpha value is -1.40. The fourth-order valence-corrected chi connectivity index (χ4v) is 2.90. The largest absolute Gasteiger partial charge is 0.369 e. The van der Waals surface area contributed by atoms with Gasteiger partial charge in [0.1, 0.15) is 0 Å². The molecule has 0 atom stereocenters. The lowest BCUT2D eigenvalue weighted by Crippen LogP contribution is -2.44. The minimum Gasteiger partial charge on any atom is -0.369 e. The van der Waals surface area contributed by atoms with Crippen molar-refractivity contribution in [2.45, 2.75) is 0 Å². The maximum absolute atomic E-state index is 5.63. The number of anilines is 2. The van der Waals surface area contributed by atoms with Crippen molar-refractivity contribution in [2.24, 2.45) is 0 Å². The number of hydrogen-bond donors (Lipinski definition) is 1. The van der Waals surface area contributed by atoms with Crippen LogP contribution < -0.4 is 10.6 Å². The van der Waals surface area contributed by atoms with Gasteiger partial charge in [-0.25, -0.2) is 9.97 Å². The molecule has 5 nitrogen and oxygen atoms in total. The molecule has 6 heteroatoms. The number of rotatable bonds is 1. The minimum atomic E-state index is 0.306. The summed E-state index contributed by atoms with van der Waals surface area (Å²) in [5, 5.41) is 1.01. The van der Waals surface area contributed by atoms with Crippen LogP contribution >= 0.6 is 15.9 Å². The number of nitrogen functional groups attached to an aromatic ring is 1. The summed E-state index contributed by atoms with van der Waals surface area (Å²) >= 11 is 3.58. The van der Waals surface area contributed by atoms with Crippen LogP contribution in [0.15, 0.2) is 22.8 Å². The normalized spacial score (nSPS) is 17.1. The lowest BCUT2D eigenvalue weighted by Gasteiger charge is -2.34. The highest BCUT2D eigenvalue weighted by molar-refractivity contribution is 9.10. The molecule has 1 fully saturated rings. The van der Waals surface area contributed by atoms with E-state index in [-0.39, 0.29) is 0 Å². The molecular weight excluding hydrogens is 306 g/mol. The van der Waals surface area contributed by atoms with E-state index in [1.54, 1.807) is 6.20 Å². The fourth-order valence-electron chi connectivity index (χ4n) is 2.35. The van der Waals surface area contributed by atoms with Crippen LogP contribution in [0.4, 0.5) is 11.6 Å². The van der Waals surface area contributed by atoms with Gasteiger partial charge in [-0.3, -0.25) is 0 Å². The number of fused-ring (bicyclic) bond motifs is 1. The van der Waals surface area contributed by atoms with E-state index in [1.165, 1.54) is 5.69 Å². The topological polar surface area (TPSA) is 58.3 Å². The first-order valence-electron chi connectivity index (χ1n) is 6.29. The van der Waals surface area contributed by atoms with E-state index in [9.17, 15) is 0 Å². The molecule has 19 heavy (non-hydrogen) atoms. The summed E-state index contributed by atoms with van der Waals surface area (Å²) in [4.78, 5) is 13.1. The van der Waals surface area contributed by atoms with Crippen molar-refractivity contribution in [1.29, 1.82) is 0 Å². The molecule has 0 radical (unpaired) electrons. The van der Waals surface area contributed by atoms with Crippen LogP contribution in [0.1, 0.15) is 0 Å². The second-order valence-corrected chi connectivity index (χ2v) is 5.74. The van der Waals surface area contributed by atoms with Crippen LogP contribution in [0.5, 0.6) is 0 Å². The first kappa shape index (κ1) is 12.6.